The quantitative estimate of drug-likeness (QED) is 0.714. The van der Waals surface area contributed by atoms with Gasteiger partial charge in [0.1, 0.15) is 0 Å². The van der Waals surface area contributed by atoms with Crippen LogP contribution in [0.5, 0.6) is 0 Å². The Morgan fingerprint density at radius 1 is 1.40 bits per heavy atom. The van der Waals surface area contributed by atoms with E-state index in [1.807, 2.05) is 4.90 Å². The second kappa shape index (κ2) is 6.70. The summed E-state index contributed by atoms with van der Waals surface area (Å²) in [6, 6.07) is 0.621. The third-order valence-corrected chi connectivity index (χ3v) is 3.17. The van der Waals surface area contributed by atoms with Crippen molar-refractivity contribution in [1.82, 2.24) is 10.2 Å². The molecule has 0 radical (unpaired) electrons. The first-order chi connectivity index (χ1) is 7.29. The molecule has 3 heteroatoms. The molecule has 2 amide bonds. The number of nitrogens with zero attached hydrogens (tertiary/aromatic N) is 1. The van der Waals surface area contributed by atoms with Crippen LogP contribution in [0.15, 0.2) is 0 Å². The molecule has 88 valence electrons. The second-order valence-electron chi connectivity index (χ2n) is 4.34. The Labute approximate surface area is 93.2 Å². The summed E-state index contributed by atoms with van der Waals surface area (Å²) in [5.74, 6) is 0. The predicted molar refractivity (Wildman–Crippen MR) is 62.9 cm³/mol. The van der Waals surface area contributed by atoms with Gasteiger partial charge >= 0.3 is 6.03 Å². The molecule has 0 saturated carbocycles. The monoisotopic (exact) mass is 212 g/mol. The first-order valence-corrected chi connectivity index (χ1v) is 6.34. The van der Waals surface area contributed by atoms with E-state index < -0.39 is 0 Å². The summed E-state index contributed by atoms with van der Waals surface area (Å²) in [5.41, 5.74) is 0. The molecule has 0 spiro atoms. The van der Waals surface area contributed by atoms with Crippen molar-refractivity contribution in [3.8, 4) is 0 Å². The number of amides is 2. The number of unbranched alkanes of at least 4 members (excludes halogenated alkanes) is 1. The van der Waals surface area contributed by atoms with Gasteiger partial charge in [0.15, 0.2) is 0 Å². The number of carbonyl (C=O) groups excluding carboxylic acids is 1. The van der Waals surface area contributed by atoms with Gasteiger partial charge in [-0.1, -0.05) is 20.3 Å². The molecule has 1 rings (SSSR count). The molecule has 1 fully saturated rings. The maximum absolute atomic E-state index is 11.9. The van der Waals surface area contributed by atoms with E-state index in [-0.39, 0.29) is 6.03 Å². The average molecular weight is 212 g/mol. The Kier molecular flexibility index (Phi) is 5.51. The van der Waals surface area contributed by atoms with Gasteiger partial charge in [0.05, 0.1) is 0 Å². The molecule has 15 heavy (non-hydrogen) atoms. The Morgan fingerprint density at radius 3 is 2.87 bits per heavy atom. The lowest BCUT2D eigenvalue weighted by molar-refractivity contribution is 0.149. The highest BCUT2D eigenvalue weighted by Crippen LogP contribution is 2.19. The van der Waals surface area contributed by atoms with Crippen LogP contribution in [-0.2, 0) is 0 Å². The molecular weight excluding hydrogens is 188 g/mol. The normalized spacial score (nSPS) is 21.5. The molecule has 1 unspecified atom stereocenters. The lowest BCUT2D eigenvalue weighted by atomic mass is 10.0. The topological polar surface area (TPSA) is 32.3 Å². The van der Waals surface area contributed by atoms with Gasteiger partial charge in [-0.25, -0.2) is 4.79 Å². The molecule has 1 aliphatic rings. The van der Waals surface area contributed by atoms with Crippen molar-refractivity contribution in [2.45, 2.75) is 58.4 Å². The molecule has 0 bridgehead atoms. The Balaban J connectivity index is 2.34. The summed E-state index contributed by atoms with van der Waals surface area (Å²) in [4.78, 5) is 13.9. The van der Waals surface area contributed by atoms with Crippen LogP contribution < -0.4 is 5.32 Å². The van der Waals surface area contributed by atoms with E-state index in [4.69, 9.17) is 0 Å². The van der Waals surface area contributed by atoms with Crippen LogP contribution >= 0.6 is 0 Å². The highest BCUT2D eigenvalue weighted by atomic mass is 16.2. The summed E-state index contributed by atoms with van der Waals surface area (Å²) >= 11 is 0. The number of urea groups is 1. The number of piperidine rings is 1. The van der Waals surface area contributed by atoms with Gasteiger partial charge in [-0.3, -0.25) is 0 Å². The van der Waals surface area contributed by atoms with Gasteiger partial charge in [-0.15, -0.1) is 0 Å². The minimum Gasteiger partial charge on any atom is -0.338 e. The highest BCUT2D eigenvalue weighted by Gasteiger charge is 2.24. The van der Waals surface area contributed by atoms with Crippen LogP contribution in [0.4, 0.5) is 4.79 Å². The predicted octanol–water partition coefficient (Wildman–Crippen LogP) is 2.76. The van der Waals surface area contributed by atoms with E-state index in [1.165, 1.54) is 12.8 Å². The maximum atomic E-state index is 11.9. The van der Waals surface area contributed by atoms with E-state index in [2.05, 4.69) is 19.2 Å². The van der Waals surface area contributed by atoms with E-state index in [9.17, 15) is 4.79 Å². The molecule has 1 heterocycles. The van der Waals surface area contributed by atoms with Crippen LogP contribution in [0.1, 0.15) is 52.4 Å². The molecule has 0 aromatic heterocycles. The van der Waals surface area contributed by atoms with E-state index >= 15 is 0 Å². The van der Waals surface area contributed by atoms with Gasteiger partial charge < -0.3 is 10.2 Å². The third-order valence-electron chi connectivity index (χ3n) is 3.17. The largest absolute Gasteiger partial charge is 0.338 e. The minimum atomic E-state index is 0.148. The van der Waals surface area contributed by atoms with Crippen molar-refractivity contribution in [2.75, 3.05) is 13.1 Å². The Morgan fingerprint density at radius 2 is 2.20 bits per heavy atom. The molecule has 0 aliphatic carbocycles. The first kappa shape index (κ1) is 12.3. The van der Waals surface area contributed by atoms with Gasteiger partial charge in [-0.2, -0.15) is 0 Å². The fourth-order valence-electron chi connectivity index (χ4n) is 2.17. The van der Waals surface area contributed by atoms with Crippen molar-refractivity contribution in [3.63, 3.8) is 0 Å². The molecule has 1 saturated heterocycles. The molecule has 3 nitrogen and oxygen atoms in total. The molecule has 1 N–H and O–H groups in total. The maximum Gasteiger partial charge on any atom is 0.317 e. The zero-order valence-electron chi connectivity index (χ0n) is 10.1. The van der Waals surface area contributed by atoms with Gasteiger partial charge in [0.25, 0.3) is 0 Å². The lowest BCUT2D eigenvalue weighted by Crippen LogP contribution is -2.48. The second-order valence-corrected chi connectivity index (χ2v) is 4.34. The summed E-state index contributed by atoms with van der Waals surface area (Å²) in [5, 5.41) is 3.00. The lowest BCUT2D eigenvalue weighted by Gasteiger charge is -2.35. The van der Waals surface area contributed by atoms with Crippen LogP contribution in [-0.4, -0.2) is 30.1 Å². The van der Waals surface area contributed by atoms with Gasteiger partial charge in [0.2, 0.25) is 0 Å². The molecule has 1 aliphatic heterocycles. The standard InChI is InChI=1S/C12H24N2O/c1-3-5-9-13-12(15)14-10-7-6-8-11(14)4-2/h11H,3-10H2,1-2H3,(H,13,15). The zero-order chi connectivity index (χ0) is 11.1. The number of hydrogen-bond acceptors (Lipinski definition) is 1. The SMILES string of the molecule is CCCCNC(=O)N1CCCCC1CC. The molecule has 0 aromatic carbocycles. The minimum absolute atomic E-state index is 0.148. The number of likely N-dealkylation sites (tertiary alicyclic amines) is 1. The van der Waals surface area contributed by atoms with E-state index in [0.717, 1.165) is 38.8 Å². The van der Waals surface area contributed by atoms with Crippen LogP contribution in [0.3, 0.4) is 0 Å². The van der Waals surface area contributed by atoms with Crippen molar-refractivity contribution in [3.05, 3.63) is 0 Å². The first-order valence-electron chi connectivity index (χ1n) is 6.34. The summed E-state index contributed by atoms with van der Waals surface area (Å²) in [6.07, 6.45) is 6.92. The number of nitrogens with one attached hydrogen (secondary N) is 1. The molecule has 1 atom stereocenters. The fraction of sp³-hybridized carbons (Fsp3) is 0.917. The van der Waals surface area contributed by atoms with E-state index in [1.54, 1.807) is 0 Å². The number of rotatable bonds is 4. The van der Waals surface area contributed by atoms with Crippen LogP contribution in [0.25, 0.3) is 0 Å². The Hall–Kier alpha value is -0.730. The van der Waals surface area contributed by atoms with Crippen molar-refractivity contribution in [1.29, 1.82) is 0 Å². The zero-order valence-corrected chi connectivity index (χ0v) is 10.1. The number of carbonyl (C=O) groups is 1. The summed E-state index contributed by atoms with van der Waals surface area (Å²) in [7, 11) is 0. The molecule has 0 aromatic rings. The fourth-order valence-corrected chi connectivity index (χ4v) is 2.17. The van der Waals surface area contributed by atoms with Gasteiger partial charge in [-0.05, 0) is 32.1 Å². The number of hydrogen-bond donors (Lipinski definition) is 1. The highest BCUT2D eigenvalue weighted by molar-refractivity contribution is 5.74. The van der Waals surface area contributed by atoms with Crippen LogP contribution in [0, 0.1) is 0 Å². The van der Waals surface area contributed by atoms with Crippen molar-refractivity contribution in [2.24, 2.45) is 0 Å². The van der Waals surface area contributed by atoms with E-state index in [0.29, 0.717) is 6.04 Å². The average Bonchev–Trinajstić information content (AvgIpc) is 2.29. The Bertz CT molecular complexity index is 194. The summed E-state index contributed by atoms with van der Waals surface area (Å²) < 4.78 is 0. The summed E-state index contributed by atoms with van der Waals surface area (Å²) in [6.45, 7) is 6.07. The van der Waals surface area contributed by atoms with Crippen LogP contribution in [0.2, 0.25) is 0 Å². The van der Waals surface area contributed by atoms with Gasteiger partial charge in [0, 0.05) is 19.1 Å². The van der Waals surface area contributed by atoms with Crippen molar-refractivity contribution < 1.29 is 4.79 Å². The van der Waals surface area contributed by atoms with Crippen molar-refractivity contribution >= 4 is 6.03 Å². The smallest absolute Gasteiger partial charge is 0.317 e. The third kappa shape index (κ3) is 3.73. The molecular formula is C12H24N2O.